The zero-order chi connectivity index (χ0) is 13.2. The summed E-state index contributed by atoms with van der Waals surface area (Å²) in [6.45, 7) is 0.552. The molecule has 3 saturated carbocycles. The van der Waals surface area contributed by atoms with E-state index >= 15 is 0 Å². The highest BCUT2D eigenvalue weighted by Gasteiger charge is 2.66. The SMILES string of the molecule is CN(C)S(=O)(=O)NCC1CC2(N)CC3CCC31C2. The Kier molecular flexibility index (Phi) is 2.63. The molecule has 18 heavy (non-hydrogen) atoms. The van der Waals surface area contributed by atoms with Gasteiger partial charge in [0.25, 0.3) is 10.2 Å². The zero-order valence-electron chi connectivity index (χ0n) is 11.1. The van der Waals surface area contributed by atoms with Gasteiger partial charge in [0.2, 0.25) is 0 Å². The lowest BCUT2D eigenvalue weighted by Gasteiger charge is -2.50. The predicted molar refractivity (Wildman–Crippen MR) is 70.0 cm³/mol. The average Bonchev–Trinajstić information content (AvgIpc) is 2.66. The Balaban J connectivity index is 1.69. The van der Waals surface area contributed by atoms with Crippen molar-refractivity contribution in [2.45, 2.75) is 37.6 Å². The maximum absolute atomic E-state index is 11.8. The van der Waals surface area contributed by atoms with Crippen LogP contribution in [0, 0.1) is 17.3 Å². The monoisotopic (exact) mass is 273 g/mol. The largest absolute Gasteiger partial charge is 0.325 e. The smallest absolute Gasteiger partial charge is 0.278 e. The number of hydrogen-bond donors (Lipinski definition) is 2. The summed E-state index contributed by atoms with van der Waals surface area (Å²) in [5.74, 6) is 1.19. The van der Waals surface area contributed by atoms with Crippen molar-refractivity contribution in [3.8, 4) is 0 Å². The van der Waals surface area contributed by atoms with Crippen LogP contribution in [0.5, 0.6) is 0 Å². The zero-order valence-corrected chi connectivity index (χ0v) is 12.0. The van der Waals surface area contributed by atoms with E-state index < -0.39 is 10.2 Å². The van der Waals surface area contributed by atoms with Gasteiger partial charge >= 0.3 is 0 Å². The van der Waals surface area contributed by atoms with Crippen molar-refractivity contribution < 1.29 is 8.42 Å². The molecule has 3 aliphatic rings. The van der Waals surface area contributed by atoms with Crippen LogP contribution in [0.4, 0.5) is 0 Å². The van der Waals surface area contributed by atoms with Crippen LogP contribution in [0.3, 0.4) is 0 Å². The molecule has 3 fully saturated rings. The lowest BCUT2D eigenvalue weighted by molar-refractivity contribution is -0.000904. The molecule has 1 spiro atoms. The Morgan fingerprint density at radius 3 is 2.61 bits per heavy atom. The normalized spacial score (nSPS) is 46.2. The van der Waals surface area contributed by atoms with E-state index in [1.54, 1.807) is 14.1 Å². The third-order valence-corrected chi connectivity index (χ3v) is 7.06. The van der Waals surface area contributed by atoms with E-state index in [1.165, 1.54) is 17.1 Å². The second kappa shape index (κ2) is 3.69. The van der Waals surface area contributed by atoms with Crippen molar-refractivity contribution in [2.24, 2.45) is 23.0 Å². The number of nitrogens with one attached hydrogen (secondary N) is 1. The summed E-state index contributed by atoms with van der Waals surface area (Å²) < 4.78 is 27.5. The maximum atomic E-state index is 11.8. The van der Waals surface area contributed by atoms with Crippen LogP contribution in [-0.2, 0) is 10.2 Å². The molecule has 4 atom stereocenters. The van der Waals surface area contributed by atoms with Gasteiger partial charge in [-0.05, 0) is 49.4 Å². The minimum atomic E-state index is -3.30. The summed E-state index contributed by atoms with van der Waals surface area (Å²) in [4.78, 5) is 0. The van der Waals surface area contributed by atoms with Crippen molar-refractivity contribution in [1.29, 1.82) is 0 Å². The maximum Gasteiger partial charge on any atom is 0.278 e. The fraction of sp³-hybridized carbons (Fsp3) is 1.00. The first-order valence-corrected chi connectivity index (χ1v) is 8.17. The predicted octanol–water partition coefficient (Wildman–Crippen LogP) is 0.290. The summed E-state index contributed by atoms with van der Waals surface area (Å²) in [5.41, 5.74) is 6.78. The van der Waals surface area contributed by atoms with E-state index in [-0.39, 0.29) is 5.54 Å². The molecule has 3 aliphatic carbocycles. The lowest BCUT2D eigenvalue weighted by atomic mass is 9.55. The molecule has 4 unspecified atom stereocenters. The Bertz CT molecular complexity index is 464. The fourth-order valence-corrected chi connectivity index (χ4v) is 5.29. The highest BCUT2D eigenvalue weighted by atomic mass is 32.2. The third kappa shape index (κ3) is 1.66. The van der Waals surface area contributed by atoms with Gasteiger partial charge in [0, 0.05) is 26.2 Å². The molecule has 0 saturated heterocycles. The summed E-state index contributed by atoms with van der Waals surface area (Å²) >= 11 is 0. The van der Waals surface area contributed by atoms with Gasteiger partial charge in [0.15, 0.2) is 0 Å². The molecule has 0 amide bonds. The standard InChI is InChI=1S/C12H23N3O2S/c1-15(2)18(16,17)14-7-10-6-11(13)5-9-3-4-12(9,10)8-11/h9-10,14H,3-8,13H2,1-2H3. The van der Waals surface area contributed by atoms with E-state index in [9.17, 15) is 8.42 Å². The number of fused-ring (bicyclic) bond motifs is 1. The molecular formula is C12H23N3O2S. The molecule has 0 aromatic heterocycles. The molecule has 0 heterocycles. The first kappa shape index (κ1) is 12.8. The van der Waals surface area contributed by atoms with Crippen molar-refractivity contribution >= 4 is 10.2 Å². The highest BCUT2D eigenvalue weighted by molar-refractivity contribution is 7.87. The summed E-state index contributed by atoms with van der Waals surface area (Å²) in [6.07, 6.45) is 5.78. The molecule has 0 aliphatic heterocycles. The Morgan fingerprint density at radius 2 is 2.11 bits per heavy atom. The minimum Gasteiger partial charge on any atom is -0.325 e. The van der Waals surface area contributed by atoms with Gasteiger partial charge in [-0.3, -0.25) is 0 Å². The number of nitrogens with zero attached hydrogens (tertiary/aromatic N) is 1. The minimum absolute atomic E-state index is 0.00457. The third-order valence-electron chi connectivity index (χ3n) is 5.56. The highest BCUT2D eigenvalue weighted by Crippen LogP contribution is 2.70. The first-order valence-electron chi connectivity index (χ1n) is 6.73. The van der Waals surface area contributed by atoms with Crippen LogP contribution in [0.1, 0.15) is 32.1 Å². The van der Waals surface area contributed by atoms with Gasteiger partial charge in [-0.1, -0.05) is 0 Å². The van der Waals surface area contributed by atoms with E-state index in [1.807, 2.05) is 0 Å². The van der Waals surface area contributed by atoms with Gasteiger partial charge in [-0.25, -0.2) is 4.72 Å². The van der Waals surface area contributed by atoms with Gasteiger partial charge in [-0.2, -0.15) is 12.7 Å². The number of nitrogens with two attached hydrogens (primary N) is 1. The van der Waals surface area contributed by atoms with Crippen LogP contribution < -0.4 is 10.5 Å². The molecule has 3 rings (SSSR count). The van der Waals surface area contributed by atoms with Crippen molar-refractivity contribution in [2.75, 3.05) is 20.6 Å². The van der Waals surface area contributed by atoms with E-state index in [0.717, 1.165) is 25.2 Å². The molecule has 0 aromatic rings. The molecule has 0 radical (unpaired) electrons. The van der Waals surface area contributed by atoms with E-state index in [0.29, 0.717) is 17.9 Å². The van der Waals surface area contributed by atoms with Crippen LogP contribution >= 0.6 is 0 Å². The number of hydrogen-bond acceptors (Lipinski definition) is 3. The molecule has 0 aromatic carbocycles. The first-order chi connectivity index (χ1) is 8.28. The topological polar surface area (TPSA) is 75.4 Å². The number of rotatable bonds is 4. The quantitative estimate of drug-likeness (QED) is 0.773. The molecule has 104 valence electrons. The van der Waals surface area contributed by atoms with Crippen LogP contribution in [0.2, 0.25) is 0 Å². The molecule has 6 heteroatoms. The second-order valence-corrected chi connectivity index (χ2v) is 8.72. The lowest BCUT2D eigenvalue weighted by Crippen LogP contribution is -2.49. The summed E-state index contributed by atoms with van der Waals surface area (Å²) in [7, 11) is -0.193. The molecule has 5 nitrogen and oxygen atoms in total. The Hall–Kier alpha value is -0.170. The van der Waals surface area contributed by atoms with Crippen molar-refractivity contribution in [3.05, 3.63) is 0 Å². The van der Waals surface area contributed by atoms with Crippen LogP contribution in [-0.4, -0.2) is 38.9 Å². The van der Waals surface area contributed by atoms with Crippen LogP contribution in [0.15, 0.2) is 0 Å². The Labute approximate surface area is 109 Å². The van der Waals surface area contributed by atoms with Crippen LogP contribution in [0.25, 0.3) is 0 Å². The van der Waals surface area contributed by atoms with Gasteiger partial charge < -0.3 is 5.73 Å². The van der Waals surface area contributed by atoms with Gasteiger partial charge in [-0.15, -0.1) is 0 Å². The summed E-state index contributed by atoms with van der Waals surface area (Å²) in [6, 6.07) is 0. The second-order valence-electron chi connectivity index (χ2n) is 6.75. The summed E-state index contributed by atoms with van der Waals surface area (Å²) in [5, 5.41) is 0. The molecule has 2 bridgehead atoms. The molecular weight excluding hydrogens is 250 g/mol. The van der Waals surface area contributed by atoms with Gasteiger partial charge in [0.05, 0.1) is 0 Å². The van der Waals surface area contributed by atoms with E-state index in [2.05, 4.69) is 4.72 Å². The van der Waals surface area contributed by atoms with Crippen molar-refractivity contribution in [1.82, 2.24) is 9.03 Å². The molecule has 3 N–H and O–H groups in total. The fourth-order valence-electron chi connectivity index (χ4n) is 4.62. The van der Waals surface area contributed by atoms with E-state index in [4.69, 9.17) is 5.73 Å². The average molecular weight is 273 g/mol. The van der Waals surface area contributed by atoms with Crippen molar-refractivity contribution in [3.63, 3.8) is 0 Å². The van der Waals surface area contributed by atoms with Gasteiger partial charge in [0.1, 0.15) is 0 Å². The Morgan fingerprint density at radius 1 is 1.39 bits per heavy atom.